The van der Waals surface area contributed by atoms with Crippen LogP contribution >= 0.6 is 0 Å². The van der Waals surface area contributed by atoms with E-state index >= 15 is 0 Å². The summed E-state index contributed by atoms with van der Waals surface area (Å²) < 4.78 is 35.4. The molecule has 3 radical (unpaired) electrons. The zero-order chi connectivity index (χ0) is 6.78. The highest BCUT2D eigenvalue weighted by atomic mass is 28.1. The van der Waals surface area contributed by atoms with Crippen molar-refractivity contribution < 1.29 is 13.2 Å². The van der Waals surface area contributed by atoms with Crippen molar-refractivity contribution in [1.82, 2.24) is 0 Å². The van der Waals surface area contributed by atoms with E-state index in [4.69, 9.17) is 0 Å². The van der Waals surface area contributed by atoms with E-state index in [-0.39, 0.29) is 0 Å². The van der Waals surface area contributed by atoms with Gasteiger partial charge in [-0.05, 0) is 6.92 Å². The van der Waals surface area contributed by atoms with Crippen LogP contribution in [0.15, 0.2) is 0 Å². The second-order valence-corrected chi connectivity index (χ2v) is 1.91. The molecule has 0 N–H and O–H groups in total. The van der Waals surface area contributed by atoms with Crippen LogP contribution in [0, 0.1) is 0 Å². The minimum absolute atomic E-state index is 0.620. The summed E-state index contributed by atoms with van der Waals surface area (Å²) in [4.78, 5) is 0. The molecular weight excluding hydrogens is 133 g/mol. The number of hydrogen-bond acceptors (Lipinski definition) is 0. The molecule has 1 unspecified atom stereocenters. The van der Waals surface area contributed by atoms with Crippen molar-refractivity contribution in [3.63, 3.8) is 0 Å². The highest BCUT2D eigenvalue weighted by Gasteiger charge is 2.33. The molecular formula is C4H6F3Si. The quantitative estimate of drug-likeness (QED) is 0.509. The highest BCUT2D eigenvalue weighted by molar-refractivity contribution is 6.09. The smallest absolute Gasteiger partial charge is 0.241 e. The van der Waals surface area contributed by atoms with E-state index in [1.54, 1.807) is 0 Å². The summed E-state index contributed by atoms with van der Waals surface area (Å²) in [5.74, 6) is -3.21. The van der Waals surface area contributed by atoms with E-state index in [1.807, 2.05) is 0 Å². The maximum Gasteiger partial charge on any atom is 0.275 e. The lowest BCUT2D eigenvalue weighted by atomic mass is 10.3. The number of halogens is 3. The molecule has 1 atom stereocenters. The largest absolute Gasteiger partial charge is 0.275 e. The predicted molar refractivity (Wildman–Crippen MR) is 26.1 cm³/mol. The van der Waals surface area contributed by atoms with Crippen LogP contribution in [0.5, 0.6) is 0 Å². The molecule has 0 heterocycles. The molecule has 0 rings (SSSR count). The predicted octanol–water partition coefficient (Wildman–Crippen LogP) is 1.57. The number of rotatable bonds is 2. The molecule has 47 valence electrons. The van der Waals surface area contributed by atoms with E-state index in [2.05, 4.69) is 10.2 Å². The Morgan fingerprint density at radius 2 is 2.00 bits per heavy atom. The Morgan fingerprint density at radius 1 is 1.62 bits per heavy atom. The van der Waals surface area contributed by atoms with Gasteiger partial charge in [-0.15, -0.1) is 0 Å². The van der Waals surface area contributed by atoms with Crippen LogP contribution in [0.1, 0.15) is 6.92 Å². The maximum atomic E-state index is 11.9. The Morgan fingerprint density at radius 3 is 2.00 bits per heavy atom. The van der Waals surface area contributed by atoms with Crippen molar-refractivity contribution >= 4 is 10.2 Å². The lowest BCUT2D eigenvalue weighted by molar-refractivity contribution is -0.0461. The second kappa shape index (κ2) is 2.52. The molecule has 0 amide bonds. The summed E-state index contributed by atoms with van der Waals surface area (Å²) in [6, 6.07) is -0.620. The van der Waals surface area contributed by atoms with Gasteiger partial charge in [0, 0.05) is 16.3 Å². The van der Waals surface area contributed by atoms with Crippen molar-refractivity contribution in [2.45, 2.75) is 25.1 Å². The summed E-state index contributed by atoms with van der Waals surface area (Å²) >= 11 is 0. The average Bonchev–Trinajstić information content (AvgIpc) is 1.67. The Labute approximate surface area is 49.5 Å². The van der Waals surface area contributed by atoms with Crippen molar-refractivity contribution in [2.24, 2.45) is 0 Å². The minimum atomic E-state index is -3.21. The van der Waals surface area contributed by atoms with Gasteiger partial charge in [0.15, 0.2) is 6.17 Å². The van der Waals surface area contributed by atoms with Gasteiger partial charge < -0.3 is 0 Å². The normalized spacial score (nSPS) is 16.1. The van der Waals surface area contributed by atoms with Gasteiger partial charge in [0.1, 0.15) is 0 Å². The molecule has 0 saturated heterocycles. The number of hydrogen-bond donors (Lipinski definition) is 0. The van der Waals surface area contributed by atoms with Gasteiger partial charge in [-0.1, -0.05) is 0 Å². The Bertz CT molecular complexity index is 71.7. The zero-order valence-electron chi connectivity index (χ0n) is 4.42. The molecule has 0 nitrogen and oxygen atoms in total. The molecule has 0 aromatic carbocycles. The van der Waals surface area contributed by atoms with Crippen LogP contribution in [0.3, 0.4) is 0 Å². The van der Waals surface area contributed by atoms with Crippen LogP contribution < -0.4 is 0 Å². The first kappa shape index (κ1) is 8.01. The minimum Gasteiger partial charge on any atom is -0.241 e. The summed E-state index contributed by atoms with van der Waals surface area (Å²) in [5, 5.41) is 0. The van der Waals surface area contributed by atoms with Gasteiger partial charge in [0.05, 0.1) is 0 Å². The zero-order valence-corrected chi connectivity index (χ0v) is 5.42. The van der Waals surface area contributed by atoms with Gasteiger partial charge in [-0.2, -0.15) is 0 Å². The summed E-state index contributed by atoms with van der Waals surface area (Å²) in [6.07, 6.45) is -2.07. The van der Waals surface area contributed by atoms with E-state index in [9.17, 15) is 13.2 Å². The third-order valence-electron chi connectivity index (χ3n) is 0.818. The summed E-state index contributed by atoms with van der Waals surface area (Å²) in [6.45, 7) is 0.833. The van der Waals surface area contributed by atoms with Crippen molar-refractivity contribution in [3.05, 3.63) is 0 Å². The molecule has 0 bridgehead atoms. The maximum absolute atomic E-state index is 11.9. The van der Waals surface area contributed by atoms with Gasteiger partial charge in [-0.25, -0.2) is 13.2 Å². The van der Waals surface area contributed by atoms with E-state index < -0.39 is 18.1 Å². The Kier molecular flexibility index (Phi) is 2.53. The van der Waals surface area contributed by atoms with E-state index in [0.29, 0.717) is 0 Å². The van der Waals surface area contributed by atoms with Gasteiger partial charge in [0.2, 0.25) is 0 Å². The molecule has 0 aliphatic heterocycles. The van der Waals surface area contributed by atoms with Crippen LogP contribution in [-0.2, 0) is 0 Å². The van der Waals surface area contributed by atoms with E-state index in [1.165, 1.54) is 0 Å². The third kappa shape index (κ3) is 1.86. The number of alkyl halides is 3. The molecule has 8 heavy (non-hydrogen) atoms. The lowest BCUT2D eigenvalue weighted by Gasteiger charge is -2.13. The molecule has 0 fully saturated rings. The van der Waals surface area contributed by atoms with Gasteiger partial charge >= 0.3 is 0 Å². The first-order valence-electron chi connectivity index (χ1n) is 2.17. The Balaban J connectivity index is 3.71. The molecule has 0 saturated carbocycles. The topological polar surface area (TPSA) is 0 Å². The fourth-order valence-electron chi connectivity index (χ4n) is 0.141. The molecule has 0 aromatic rings. The summed E-state index contributed by atoms with van der Waals surface area (Å²) in [5.41, 5.74) is 0. The first-order chi connectivity index (χ1) is 3.50. The summed E-state index contributed by atoms with van der Waals surface area (Å²) in [7, 11) is 2.53. The first-order valence-corrected chi connectivity index (χ1v) is 2.88. The van der Waals surface area contributed by atoms with Gasteiger partial charge in [0.25, 0.3) is 5.92 Å². The molecule has 0 aliphatic rings. The van der Waals surface area contributed by atoms with Crippen LogP contribution in [0.2, 0.25) is 6.04 Å². The lowest BCUT2D eigenvalue weighted by Crippen LogP contribution is -2.26. The average molecular weight is 139 g/mol. The molecule has 0 aliphatic carbocycles. The van der Waals surface area contributed by atoms with Crippen molar-refractivity contribution in [1.29, 1.82) is 0 Å². The second-order valence-electron chi connectivity index (χ2n) is 1.55. The Hall–Kier alpha value is 0.00688. The SMILES string of the molecule is CC(F)C(F)(F)C[Si]. The van der Waals surface area contributed by atoms with Crippen LogP contribution in [-0.4, -0.2) is 22.3 Å². The molecule has 0 aromatic heterocycles. The van der Waals surface area contributed by atoms with Crippen molar-refractivity contribution in [3.8, 4) is 0 Å². The van der Waals surface area contributed by atoms with Gasteiger partial charge in [-0.3, -0.25) is 0 Å². The fraction of sp³-hybridized carbons (Fsp3) is 1.00. The fourth-order valence-corrected chi connectivity index (χ4v) is 0.422. The third-order valence-corrected chi connectivity index (χ3v) is 1.29. The molecule has 4 heteroatoms. The monoisotopic (exact) mass is 139 g/mol. The highest BCUT2D eigenvalue weighted by Crippen LogP contribution is 2.23. The van der Waals surface area contributed by atoms with Crippen LogP contribution in [0.4, 0.5) is 13.2 Å². The van der Waals surface area contributed by atoms with Crippen molar-refractivity contribution in [2.75, 3.05) is 0 Å². The standard InChI is InChI=1S/C4H6F3Si/c1-3(5)4(6,7)2-8/h3H,2H2,1H3. The van der Waals surface area contributed by atoms with Crippen LogP contribution in [0.25, 0.3) is 0 Å². The molecule has 0 spiro atoms. The van der Waals surface area contributed by atoms with E-state index in [0.717, 1.165) is 6.92 Å².